The Bertz CT molecular complexity index is 2780. The van der Waals surface area contributed by atoms with Crippen molar-refractivity contribution in [1.29, 1.82) is 0 Å². The van der Waals surface area contributed by atoms with Gasteiger partial charge in [-0.3, -0.25) is 23.6 Å². The summed E-state index contributed by atoms with van der Waals surface area (Å²) < 4.78 is 44.2. The van der Waals surface area contributed by atoms with Crippen molar-refractivity contribution in [2.24, 2.45) is 79.3 Å². The normalized spacial score (nSPS) is 54.7. The quantitative estimate of drug-likeness (QED) is 0.0794. The van der Waals surface area contributed by atoms with E-state index < -0.39 is 96.9 Å². The minimum absolute atomic E-state index is 0.0296. The number of aliphatic carboxylic acids is 1. The molecule has 23 atom stereocenters. The van der Waals surface area contributed by atoms with Crippen molar-refractivity contribution in [2.75, 3.05) is 13.1 Å². The second-order valence-electron chi connectivity index (χ2n) is 31.1. The Kier molecular flexibility index (Phi) is 14.3. The molecule has 10 N–H and O–H groups in total. The maximum atomic E-state index is 14.2. The zero-order chi connectivity index (χ0) is 60.1. The first-order valence-corrected chi connectivity index (χ1v) is 31.9. The standard InChI is InChI=1S/C32H49NO9.C30H46O4.H2O4S/c1-6-18(3)25(35)41-24-11-12-26(4)19-8-9-20-28(37)13-23(34)31(39)21(29(28,38)16-30(20,26)42-32(19,24)40)15-33-14-17(2)7-10-22(33)27(31,5)36;1-25(2)21-8-11-30(7)23(28(21,5)10-9-22(25)32)20(31)16-18-19-17-27(4,24(33)34)13-12-26(19,3)14-15-29(18,30)6;1-5(2,3)4/h6,17,19-24,34,36-40H,7-16H2,1-5H3;16,19,21-23,32H,8-15,17H2,1-7H3,(H,33,34);(H2,1,2,3,4). The molecule has 3 aliphatic heterocycles. The van der Waals surface area contributed by atoms with Crippen LogP contribution in [0.25, 0.3) is 0 Å². The first-order valence-electron chi connectivity index (χ1n) is 30.5. The van der Waals surface area contributed by atoms with Gasteiger partial charge in [0.2, 0.25) is 5.79 Å². The number of nitrogens with zero attached hydrogens (tertiary/aromatic N) is 1. The summed E-state index contributed by atoms with van der Waals surface area (Å²) in [6.45, 7) is 25.9. The molecular weight excluding hydrogens is 1060 g/mol. The fourth-order valence-electron chi connectivity index (χ4n) is 22.1. The molecule has 458 valence electrons. The number of ketones is 1. The molecule has 0 aromatic rings. The number of allylic oxidation sites excluding steroid dienone is 3. The molecule has 23 unspecified atom stereocenters. The van der Waals surface area contributed by atoms with Crippen LogP contribution in [0.3, 0.4) is 0 Å². The Morgan fingerprint density at radius 1 is 0.728 bits per heavy atom. The molecule has 12 rings (SSSR count). The molecule has 3 saturated heterocycles. The number of fused-ring (bicyclic) bond motifs is 12. The van der Waals surface area contributed by atoms with E-state index in [0.717, 1.165) is 57.8 Å². The fourth-order valence-corrected chi connectivity index (χ4v) is 22.1. The van der Waals surface area contributed by atoms with Gasteiger partial charge in [0.25, 0.3) is 0 Å². The van der Waals surface area contributed by atoms with Crippen molar-refractivity contribution in [3.8, 4) is 0 Å². The van der Waals surface area contributed by atoms with E-state index in [1.807, 2.05) is 19.9 Å². The predicted octanol–water partition coefficient (Wildman–Crippen LogP) is 6.75. The SMILES string of the molecule is CC1(C(=O)O)CCC2(C)CCC3(C)C(=CC(=O)C4C5(C)CCC(O)C(C)(C)C5CCC43C)C2C1.CC=C(C)C(=O)OC1CCC2(C)C3CCC4C5(O)CC(O)C6(O)C(CN7CC(C)CCC7C6(C)O)C5(O)CC42OC13O.O=S(=O)(O)O. The monoisotopic (exact) mass is 1160 g/mol. The average molecular weight is 1160 g/mol. The lowest BCUT2D eigenvalue weighted by atomic mass is 9.33. The van der Waals surface area contributed by atoms with Crippen LogP contribution in [0.15, 0.2) is 23.3 Å². The fraction of sp³-hybridized carbons (Fsp3) is 0.887. The average Bonchev–Trinajstić information content (AvgIpc) is 1.70. The molecule has 0 amide bonds. The van der Waals surface area contributed by atoms with Gasteiger partial charge in [-0.2, -0.15) is 8.42 Å². The topological polar surface area (TPSA) is 309 Å². The molecule has 18 nitrogen and oxygen atoms in total. The number of aliphatic hydroxyl groups is 7. The van der Waals surface area contributed by atoms with E-state index in [0.29, 0.717) is 62.5 Å². The minimum atomic E-state index is -4.67. The first-order chi connectivity index (χ1) is 37.0. The van der Waals surface area contributed by atoms with E-state index in [-0.39, 0.29) is 76.2 Å². The highest BCUT2D eigenvalue weighted by Gasteiger charge is 2.89. The van der Waals surface area contributed by atoms with Gasteiger partial charge in [0, 0.05) is 66.6 Å². The molecule has 3 heterocycles. The van der Waals surface area contributed by atoms with Gasteiger partial charge in [0.05, 0.1) is 23.2 Å². The largest absolute Gasteiger partial charge is 0.481 e. The zero-order valence-electron chi connectivity index (χ0n) is 50.1. The van der Waals surface area contributed by atoms with Crippen molar-refractivity contribution in [1.82, 2.24) is 4.90 Å². The summed E-state index contributed by atoms with van der Waals surface area (Å²) in [5.41, 5.74) is -8.82. The zero-order valence-corrected chi connectivity index (χ0v) is 50.9. The number of aliphatic hydroxyl groups excluding tert-OH is 2. The molecule has 0 aromatic heterocycles. The third-order valence-electron chi connectivity index (χ3n) is 27.1. The Balaban J connectivity index is 0.000000171. The van der Waals surface area contributed by atoms with Crippen molar-refractivity contribution < 1.29 is 82.2 Å². The van der Waals surface area contributed by atoms with Gasteiger partial charge < -0.3 is 50.3 Å². The lowest BCUT2D eigenvalue weighted by Crippen LogP contribution is -2.85. The Morgan fingerprint density at radius 2 is 1.35 bits per heavy atom. The van der Waals surface area contributed by atoms with Crippen LogP contribution in [-0.2, 0) is 34.3 Å². The Labute approximate surface area is 479 Å². The second-order valence-corrected chi connectivity index (χ2v) is 31.9. The highest BCUT2D eigenvalue weighted by Crippen LogP contribution is 2.79. The third kappa shape index (κ3) is 8.13. The lowest BCUT2D eigenvalue weighted by Gasteiger charge is -2.70. The molecule has 4 bridgehead atoms. The lowest BCUT2D eigenvalue weighted by molar-refractivity contribution is -0.354. The molecule has 19 heteroatoms. The summed E-state index contributed by atoms with van der Waals surface area (Å²) in [6, 6.07) is -0.387. The molecule has 1 spiro atoms. The van der Waals surface area contributed by atoms with Crippen molar-refractivity contribution in [2.45, 2.75) is 250 Å². The summed E-state index contributed by atoms with van der Waals surface area (Å²) in [7, 11) is -4.67. The summed E-state index contributed by atoms with van der Waals surface area (Å²) in [6.07, 6.45) is 12.2. The summed E-state index contributed by atoms with van der Waals surface area (Å²) in [4.78, 5) is 41.3. The second kappa shape index (κ2) is 18.8. The van der Waals surface area contributed by atoms with E-state index in [1.165, 1.54) is 5.57 Å². The maximum Gasteiger partial charge on any atom is 0.394 e. The van der Waals surface area contributed by atoms with Crippen LogP contribution in [0.5, 0.6) is 0 Å². The first kappa shape index (κ1) is 61.7. The number of hydrogen-bond acceptors (Lipinski definition) is 15. The Hall–Kier alpha value is -2.40. The van der Waals surface area contributed by atoms with E-state index in [9.17, 15) is 55.2 Å². The molecule has 9 aliphatic carbocycles. The molecule has 11 fully saturated rings. The smallest absolute Gasteiger partial charge is 0.394 e. The van der Waals surface area contributed by atoms with Crippen LogP contribution in [0.1, 0.15) is 192 Å². The number of hydrogen-bond donors (Lipinski definition) is 10. The molecule has 0 aromatic carbocycles. The highest BCUT2D eigenvalue weighted by atomic mass is 32.3. The van der Waals surface area contributed by atoms with Crippen LogP contribution < -0.4 is 0 Å². The van der Waals surface area contributed by atoms with E-state index in [1.54, 1.807) is 26.8 Å². The van der Waals surface area contributed by atoms with Crippen LogP contribution in [-0.4, -0.2) is 152 Å². The van der Waals surface area contributed by atoms with Crippen molar-refractivity contribution in [3.05, 3.63) is 23.3 Å². The van der Waals surface area contributed by atoms with Gasteiger partial charge in [0.15, 0.2) is 11.9 Å². The molecule has 8 saturated carbocycles. The third-order valence-corrected chi connectivity index (χ3v) is 27.1. The number of carbonyl (C=O) groups excluding carboxylic acids is 2. The molecular formula is C62H97NO17S. The van der Waals surface area contributed by atoms with Gasteiger partial charge in [-0.05, 0) is 175 Å². The number of carboxylic acid groups (broad SMARTS) is 1. The minimum Gasteiger partial charge on any atom is -0.481 e. The van der Waals surface area contributed by atoms with Gasteiger partial charge in [-0.15, -0.1) is 0 Å². The van der Waals surface area contributed by atoms with Crippen molar-refractivity contribution >= 4 is 28.1 Å². The number of carbonyl (C=O) groups is 3. The molecule has 0 radical (unpaired) electrons. The van der Waals surface area contributed by atoms with Gasteiger partial charge in [-0.1, -0.05) is 67.0 Å². The number of rotatable bonds is 3. The van der Waals surface area contributed by atoms with E-state index in [2.05, 4.69) is 53.4 Å². The number of esters is 1. The summed E-state index contributed by atoms with van der Waals surface area (Å²) >= 11 is 0. The van der Waals surface area contributed by atoms with Crippen LogP contribution in [0, 0.1) is 79.3 Å². The van der Waals surface area contributed by atoms with E-state index in [4.69, 9.17) is 27.0 Å². The molecule has 81 heavy (non-hydrogen) atoms. The van der Waals surface area contributed by atoms with Gasteiger partial charge in [0.1, 0.15) is 22.4 Å². The Morgan fingerprint density at radius 3 is 1.98 bits per heavy atom. The van der Waals surface area contributed by atoms with Crippen LogP contribution in [0.2, 0.25) is 0 Å². The van der Waals surface area contributed by atoms with Gasteiger partial charge >= 0.3 is 22.3 Å². The van der Waals surface area contributed by atoms with Crippen LogP contribution in [0.4, 0.5) is 0 Å². The number of piperidine rings is 2. The highest BCUT2D eigenvalue weighted by molar-refractivity contribution is 7.79. The summed E-state index contributed by atoms with van der Waals surface area (Å²) in [5, 5.41) is 94.9. The number of ether oxygens (including phenoxy) is 2. The maximum absolute atomic E-state index is 14.2. The van der Waals surface area contributed by atoms with Crippen molar-refractivity contribution in [3.63, 3.8) is 0 Å². The predicted molar refractivity (Wildman–Crippen MR) is 297 cm³/mol. The summed E-state index contributed by atoms with van der Waals surface area (Å²) in [5.74, 6) is -3.99. The van der Waals surface area contributed by atoms with E-state index >= 15 is 0 Å². The number of carboxylic acids is 1. The van der Waals surface area contributed by atoms with Gasteiger partial charge in [-0.25, -0.2) is 4.79 Å². The van der Waals surface area contributed by atoms with Crippen LogP contribution >= 0.6 is 0 Å². The molecule has 12 aliphatic rings.